The molecule has 1 aromatic carbocycles. The summed E-state index contributed by atoms with van der Waals surface area (Å²) in [5.41, 5.74) is 0.607. The van der Waals surface area contributed by atoms with Crippen molar-refractivity contribution in [2.24, 2.45) is 0 Å². The Balaban J connectivity index is 1.99. The van der Waals surface area contributed by atoms with Crippen molar-refractivity contribution in [3.63, 3.8) is 0 Å². The second-order valence-corrected chi connectivity index (χ2v) is 8.69. The maximum absolute atomic E-state index is 12.5. The summed E-state index contributed by atoms with van der Waals surface area (Å²) in [6.45, 7) is 9.59. The van der Waals surface area contributed by atoms with Gasteiger partial charge in [-0.25, -0.2) is 17.9 Å². The van der Waals surface area contributed by atoms with Crippen molar-refractivity contribution in [2.75, 3.05) is 38.5 Å². The molecule has 25 heavy (non-hydrogen) atoms. The van der Waals surface area contributed by atoms with Crippen molar-refractivity contribution in [3.05, 3.63) is 24.3 Å². The number of sulfonamides is 1. The summed E-state index contributed by atoms with van der Waals surface area (Å²) in [5, 5.41) is 2.79. The van der Waals surface area contributed by atoms with Gasteiger partial charge >= 0.3 is 6.03 Å². The zero-order chi connectivity index (χ0) is 18.7. The van der Waals surface area contributed by atoms with E-state index in [1.807, 2.05) is 0 Å². The van der Waals surface area contributed by atoms with Gasteiger partial charge in [-0.2, -0.15) is 0 Å². The van der Waals surface area contributed by atoms with E-state index in [2.05, 4.69) is 35.7 Å². The van der Waals surface area contributed by atoms with E-state index in [0.717, 1.165) is 19.5 Å². The lowest BCUT2D eigenvalue weighted by molar-refractivity contribution is 0.0640. The molecule has 1 aliphatic heterocycles. The van der Waals surface area contributed by atoms with E-state index in [-0.39, 0.29) is 16.5 Å². The summed E-state index contributed by atoms with van der Waals surface area (Å²) >= 11 is 0. The lowest BCUT2D eigenvalue weighted by atomic mass is 9.98. The number of rotatable bonds is 5. The van der Waals surface area contributed by atoms with Gasteiger partial charge in [-0.3, -0.25) is 4.90 Å². The topological polar surface area (TPSA) is 81.8 Å². The van der Waals surface area contributed by atoms with Crippen LogP contribution in [0.2, 0.25) is 0 Å². The van der Waals surface area contributed by atoms with Gasteiger partial charge in [0.15, 0.2) is 0 Å². The van der Waals surface area contributed by atoms with Gasteiger partial charge in [0.25, 0.3) is 0 Å². The van der Waals surface area contributed by atoms with E-state index in [1.54, 1.807) is 17.0 Å². The van der Waals surface area contributed by atoms with E-state index >= 15 is 0 Å². The summed E-state index contributed by atoms with van der Waals surface area (Å²) < 4.78 is 26.0. The van der Waals surface area contributed by atoms with Crippen LogP contribution in [0.3, 0.4) is 0 Å². The number of amides is 2. The van der Waals surface area contributed by atoms with Crippen molar-refractivity contribution in [1.82, 2.24) is 14.5 Å². The maximum atomic E-state index is 12.5. The second kappa shape index (κ2) is 7.72. The standard InChI is InChI=1S/C17H28N4O3S/c1-5-17(2,3)21-11-9-20(10-12-21)16(22)19-14-7-6-8-15(13-14)25(23,24)18-4/h6-8,13,18H,5,9-12H2,1-4H3,(H,19,22). The Morgan fingerprint density at radius 1 is 1.20 bits per heavy atom. The zero-order valence-corrected chi connectivity index (χ0v) is 16.2. The molecular formula is C17H28N4O3S. The minimum Gasteiger partial charge on any atom is -0.322 e. The average Bonchev–Trinajstić information content (AvgIpc) is 2.62. The minimum atomic E-state index is -3.53. The van der Waals surface area contributed by atoms with E-state index in [4.69, 9.17) is 0 Å². The summed E-state index contributed by atoms with van der Waals surface area (Å²) in [5.74, 6) is 0. The van der Waals surface area contributed by atoms with Crippen molar-refractivity contribution >= 4 is 21.7 Å². The molecule has 0 aliphatic carbocycles. The van der Waals surface area contributed by atoms with Gasteiger partial charge in [0, 0.05) is 37.4 Å². The van der Waals surface area contributed by atoms with Gasteiger partial charge in [-0.05, 0) is 45.5 Å². The molecule has 0 atom stereocenters. The van der Waals surface area contributed by atoms with Gasteiger partial charge < -0.3 is 10.2 Å². The van der Waals surface area contributed by atoms with Crippen molar-refractivity contribution in [2.45, 2.75) is 37.6 Å². The lowest BCUT2D eigenvalue weighted by Gasteiger charge is -2.43. The van der Waals surface area contributed by atoms with Crippen LogP contribution >= 0.6 is 0 Å². The van der Waals surface area contributed by atoms with Gasteiger partial charge in [0.05, 0.1) is 4.90 Å². The number of urea groups is 1. The van der Waals surface area contributed by atoms with Crippen LogP contribution in [0.4, 0.5) is 10.5 Å². The summed E-state index contributed by atoms with van der Waals surface area (Å²) in [7, 11) is -2.17. The fourth-order valence-electron chi connectivity index (χ4n) is 2.80. The van der Waals surface area contributed by atoms with E-state index in [9.17, 15) is 13.2 Å². The van der Waals surface area contributed by atoms with Crippen molar-refractivity contribution < 1.29 is 13.2 Å². The van der Waals surface area contributed by atoms with Gasteiger partial charge in [-0.15, -0.1) is 0 Å². The Kier molecular flexibility index (Phi) is 6.08. The molecule has 2 N–H and O–H groups in total. The molecule has 8 heteroatoms. The zero-order valence-electron chi connectivity index (χ0n) is 15.4. The monoisotopic (exact) mass is 368 g/mol. The third-order valence-corrected chi connectivity index (χ3v) is 6.36. The summed E-state index contributed by atoms with van der Waals surface area (Å²) in [6.07, 6.45) is 1.06. The normalized spacial score (nSPS) is 16.7. The molecule has 1 heterocycles. The van der Waals surface area contributed by atoms with Crippen LogP contribution in [0.5, 0.6) is 0 Å². The van der Waals surface area contributed by atoms with Crippen LogP contribution in [0.1, 0.15) is 27.2 Å². The molecular weight excluding hydrogens is 340 g/mol. The highest BCUT2D eigenvalue weighted by Gasteiger charge is 2.29. The first-order chi connectivity index (χ1) is 11.7. The van der Waals surface area contributed by atoms with Crippen LogP contribution in [0, 0.1) is 0 Å². The number of piperazine rings is 1. The number of carbonyl (C=O) groups is 1. The largest absolute Gasteiger partial charge is 0.322 e. The molecule has 1 saturated heterocycles. The quantitative estimate of drug-likeness (QED) is 0.832. The molecule has 0 saturated carbocycles. The highest BCUT2D eigenvalue weighted by Crippen LogP contribution is 2.21. The molecule has 7 nitrogen and oxygen atoms in total. The second-order valence-electron chi connectivity index (χ2n) is 6.81. The molecule has 0 bridgehead atoms. The first kappa shape index (κ1) is 19.7. The first-order valence-electron chi connectivity index (χ1n) is 8.54. The molecule has 1 aromatic rings. The average molecular weight is 369 g/mol. The number of hydrogen-bond acceptors (Lipinski definition) is 4. The SMILES string of the molecule is CCC(C)(C)N1CCN(C(=O)Nc2cccc(S(=O)(=O)NC)c2)CC1. The number of nitrogens with zero attached hydrogens (tertiary/aromatic N) is 2. The third kappa shape index (κ3) is 4.71. The molecule has 1 fully saturated rings. The van der Waals surface area contributed by atoms with Gasteiger partial charge in [-0.1, -0.05) is 13.0 Å². The summed E-state index contributed by atoms with van der Waals surface area (Å²) in [4.78, 5) is 16.7. The molecule has 0 aromatic heterocycles. The van der Waals surface area contributed by atoms with Gasteiger partial charge in [0.1, 0.15) is 0 Å². The van der Waals surface area contributed by atoms with E-state index < -0.39 is 10.0 Å². The number of hydrogen-bond donors (Lipinski definition) is 2. The fourth-order valence-corrected chi connectivity index (χ4v) is 3.58. The Morgan fingerprint density at radius 3 is 2.40 bits per heavy atom. The van der Waals surface area contributed by atoms with E-state index in [0.29, 0.717) is 18.8 Å². The number of anilines is 1. The lowest BCUT2D eigenvalue weighted by Crippen LogP contribution is -2.56. The predicted octanol–water partition coefficient (Wildman–Crippen LogP) is 1.93. The van der Waals surface area contributed by atoms with Gasteiger partial charge in [0.2, 0.25) is 10.0 Å². The Morgan fingerprint density at radius 2 is 1.84 bits per heavy atom. The molecule has 1 aliphatic rings. The molecule has 0 spiro atoms. The van der Waals surface area contributed by atoms with Crippen molar-refractivity contribution in [1.29, 1.82) is 0 Å². The Bertz CT molecular complexity index is 710. The molecule has 2 rings (SSSR count). The number of benzene rings is 1. The van der Waals surface area contributed by atoms with Crippen LogP contribution < -0.4 is 10.0 Å². The maximum Gasteiger partial charge on any atom is 0.321 e. The van der Waals surface area contributed by atoms with Crippen LogP contribution in [-0.2, 0) is 10.0 Å². The van der Waals surface area contributed by atoms with Crippen molar-refractivity contribution in [3.8, 4) is 0 Å². The first-order valence-corrected chi connectivity index (χ1v) is 10.0. The molecule has 0 unspecified atom stereocenters. The Hall–Kier alpha value is -1.64. The fraction of sp³-hybridized carbons (Fsp3) is 0.588. The minimum absolute atomic E-state index is 0.127. The van der Waals surface area contributed by atoms with Crippen LogP contribution in [-0.4, -0.2) is 63.0 Å². The molecule has 140 valence electrons. The predicted molar refractivity (Wildman–Crippen MR) is 99.2 cm³/mol. The van der Waals surface area contributed by atoms with E-state index in [1.165, 1.54) is 19.2 Å². The highest BCUT2D eigenvalue weighted by molar-refractivity contribution is 7.89. The number of nitrogens with one attached hydrogen (secondary N) is 2. The smallest absolute Gasteiger partial charge is 0.321 e. The number of carbonyl (C=O) groups excluding carboxylic acids is 1. The third-order valence-electron chi connectivity index (χ3n) is 4.95. The summed E-state index contributed by atoms with van der Waals surface area (Å²) in [6, 6.07) is 6.05. The molecule has 2 amide bonds. The Labute approximate surface area is 150 Å². The van der Waals surface area contributed by atoms with Crippen LogP contribution in [0.25, 0.3) is 0 Å². The highest BCUT2D eigenvalue weighted by atomic mass is 32.2. The van der Waals surface area contributed by atoms with Crippen LogP contribution in [0.15, 0.2) is 29.2 Å². The molecule has 0 radical (unpaired) electrons.